The summed E-state index contributed by atoms with van der Waals surface area (Å²) in [6.07, 6.45) is 1.56. The zero-order valence-electron chi connectivity index (χ0n) is 18.0. The second-order valence-electron chi connectivity index (χ2n) is 9.56. The Morgan fingerprint density at radius 3 is 1.92 bits per heavy atom. The number of rotatable bonds is 9. The van der Waals surface area contributed by atoms with E-state index >= 15 is 0 Å². The van der Waals surface area contributed by atoms with Gasteiger partial charge in [0.25, 0.3) is 0 Å². The van der Waals surface area contributed by atoms with Gasteiger partial charge < -0.3 is 14.6 Å². The van der Waals surface area contributed by atoms with Gasteiger partial charge in [0, 0.05) is 5.75 Å². The Labute approximate surface area is 163 Å². The SMILES string of the molecule is CSCC(C)C(=O)OCC(O)COC(=O)C(C)(CC(C)(C)C)C(C)(C)C. The molecule has 6 heteroatoms. The highest BCUT2D eigenvalue weighted by molar-refractivity contribution is 7.98. The van der Waals surface area contributed by atoms with Crippen molar-refractivity contribution in [3.63, 3.8) is 0 Å². The molecule has 0 amide bonds. The van der Waals surface area contributed by atoms with E-state index in [2.05, 4.69) is 20.8 Å². The Balaban J connectivity index is 4.71. The van der Waals surface area contributed by atoms with Gasteiger partial charge in [-0.1, -0.05) is 48.5 Å². The molecule has 3 atom stereocenters. The number of esters is 2. The van der Waals surface area contributed by atoms with Crippen molar-refractivity contribution >= 4 is 23.7 Å². The van der Waals surface area contributed by atoms with Crippen molar-refractivity contribution in [1.29, 1.82) is 0 Å². The van der Waals surface area contributed by atoms with Crippen molar-refractivity contribution in [1.82, 2.24) is 0 Å². The number of carbonyl (C=O) groups is 2. The van der Waals surface area contributed by atoms with Gasteiger partial charge in [0.05, 0.1) is 11.3 Å². The molecule has 5 nitrogen and oxygen atoms in total. The van der Waals surface area contributed by atoms with Crippen LogP contribution < -0.4 is 0 Å². The van der Waals surface area contributed by atoms with Gasteiger partial charge in [0.2, 0.25) is 0 Å². The van der Waals surface area contributed by atoms with E-state index in [0.29, 0.717) is 12.2 Å². The summed E-state index contributed by atoms with van der Waals surface area (Å²) in [6.45, 7) is 15.7. The van der Waals surface area contributed by atoms with E-state index in [0.717, 1.165) is 0 Å². The first-order chi connectivity index (χ1) is 11.6. The number of thioether (sulfide) groups is 1. The molecule has 0 saturated heterocycles. The molecule has 0 aliphatic heterocycles. The van der Waals surface area contributed by atoms with Crippen LogP contribution in [0.2, 0.25) is 0 Å². The summed E-state index contributed by atoms with van der Waals surface area (Å²) in [7, 11) is 0. The summed E-state index contributed by atoms with van der Waals surface area (Å²) >= 11 is 1.56. The largest absolute Gasteiger partial charge is 0.463 e. The molecule has 26 heavy (non-hydrogen) atoms. The molecule has 3 unspecified atom stereocenters. The van der Waals surface area contributed by atoms with E-state index in [-0.39, 0.29) is 41.9 Å². The van der Waals surface area contributed by atoms with Crippen LogP contribution in [0.3, 0.4) is 0 Å². The van der Waals surface area contributed by atoms with Crippen LogP contribution >= 0.6 is 11.8 Å². The lowest BCUT2D eigenvalue weighted by Gasteiger charge is -2.43. The fraction of sp³-hybridized carbons (Fsp3) is 0.900. The van der Waals surface area contributed by atoms with Crippen molar-refractivity contribution < 1.29 is 24.2 Å². The van der Waals surface area contributed by atoms with Crippen molar-refractivity contribution in [2.24, 2.45) is 22.2 Å². The Morgan fingerprint density at radius 2 is 1.50 bits per heavy atom. The summed E-state index contributed by atoms with van der Waals surface area (Å²) < 4.78 is 10.5. The predicted molar refractivity (Wildman–Crippen MR) is 107 cm³/mol. The van der Waals surface area contributed by atoms with E-state index in [1.54, 1.807) is 18.7 Å². The first-order valence-corrected chi connectivity index (χ1v) is 10.5. The maximum atomic E-state index is 12.8. The average Bonchev–Trinajstić information content (AvgIpc) is 2.47. The zero-order chi connectivity index (χ0) is 20.8. The van der Waals surface area contributed by atoms with E-state index in [1.807, 2.05) is 34.0 Å². The summed E-state index contributed by atoms with van der Waals surface area (Å²) in [5.41, 5.74) is -1.01. The molecule has 0 aliphatic carbocycles. The normalized spacial score (nSPS) is 17.2. The highest BCUT2D eigenvalue weighted by atomic mass is 32.2. The number of aliphatic hydroxyl groups is 1. The molecule has 1 N–H and O–H groups in total. The maximum Gasteiger partial charge on any atom is 0.312 e. The molecule has 0 heterocycles. The molecule has 0 aromatic heterocycles. The Bertz CT molecular complexity index is 464. The topological polar surface area (TPSA) is 72.8 Å². The summed E-state index contributed by atoms with van der Waals surface area (Å²) in [5.74, 6) is -0.241. The quantitative estimate of drug-likeness (QED) is 0.602. The monoisotopic (exact) mass is 390 g/mol. The van der Waals surface area contributed by atoms with Gasteiger partial charge in [-0.05, 0) is 30.4 Å². The molecule has 0 saturated carbocycles. The van der Waals surface area contributed by atoms with Gasteiger partial charge in [-0.25, -0.2) is 0 Å². The fourth-order valence-electron chi connectivity index (χ4n) is 2.72. The van der Waals surface area contributed by atoms with Crippen molar-refractivity contribution in [2.75, 3.05) is 25.2 Å². The molecule has 154 valence electrons. The summed E-state index contributed by atoms with van der Waals surface area (Å²) in [4.78, 5) is 24.6. The average molecular weight is 391 g/mol. The van der Waals surface area contributed by atoms with Gasteiger partial charge in [0.15, 0.2) is 0 Å². The summed E-state index contributed by atoms with van der Waals surface area (Å²) in [6, 6.07) is 0. The van der Waals surface area contributed by atoms with Gasteiger partial charge in [0.1, 0.15) is 19.3 Å². The Morgan fingerprint density at radius 1 is 1.00 bits per heavy atom. The lowest BCUT2D eigenvalue weighted by molar-refractivity contribution is -0.169. The van der Waals surface area contributed by atoms with Crippen LogP contribution in [0, 0.1) is 22.2 Å². The second kappa shape index (κ2) is 9.98. The fourth-order valence-corrected chi connectivity index (χ4v) is 3.36. The zero-order valence-corrected chi connectivity index (χ0v) is 18.8. The number of carbonyl (C=O) groups excluding carboxylic acids is 2. The minimum absolute atomic E-state index is 0.0391. The molecule has 0 fully saturated rings. The summed E-state index contributed by atoms with van der Waals surface area (Å²) in [5, 5.41) is 10.0. The van der Waals surface area contributed by atoms with Crippen LogP contribution in [0.4, 0.5) is 0 Å². The van der Waals surface area contributed by atoms with Crippen LogP contribution in [-0.2, 0) is 19.1 Å². The van der Waals surface area contributed by atoms with Gasteiger partial charge in [-0.15, -0.1) is 0 Å². The number of hydrogen-bond acceptors (Lipinski definition) is 6. The molecule has 0 aliphatic rings. The van der Waals surface area contributed by atoms with Crippen molar-refractivity contribution in [2.45, 2.75) is 67.9 Å². The molecule has 0 aromatic carbocycles. The smallest absolute Gasteiger partial charge is 0.312 e. The maximum absolute atomic E-state index is 12.8. The van der Waals surface area contributed by atoms with Gasteiger partial charge >= 0.3 is 11.9 Å². The minimum Gasteiger partial charge on any atom is -0.463 e. The molecule has 0 rings (SSSR count). The van der Waals surface area contributed by atoms with Crippen LogP contribution in [-0.4, -0.2) is 48.4 Å². The lowest BCUT2D eigenvalue weighted by Crippen LogP contribution is -2.45. The lowest BCUT2D eigenvalue weighted by atomic mass is 9.61. The molecule has 0 spiro atoms. The predicted octanol–water partition coefficient (Wildman–Crippen LogP) is 3.92. The second-order valence-corrected chi connectivity index (χ2v) is 10.5. The van der Waals surface area contributed by atoms with E-state index < -0.39 is 11.5 Å². The number of hydrogen-bond donors (Lipinski definition) is 1. The van der Waals surface area contributed by atoms with Crippen molar-refractivity contribution in [3.05, 3.63) is 0 Å². The first-order valence-electron chi connectivity index (χ1n) is 9.15. The minimum atomic E-state index is -1.02. The van der Waals surface area contributed by atoms with Crippen LogP contribution in [0.15, 0.2) is 0 Å². The Kier molecular flexibility index (Phi) is 9.69. The third-order valence-corrected chi connectivity index (χ3v) is 5.47. The first kappa shape index (κ1) is 25.2. The van der Waals surface area contributed by atoms with Crippen LogP contribution in [0.5, 0.6) is 0 Å². The highest BCUT2D eigenvalue weighted by Crippen LogP contribution is 2.47. The van der Waals surface area contributed by atoms with Crippen LogP contribution in [0.25, 0.3) is 0 Å². The molecular formula is C20H38O5S. The van der Waals surface area contributed by atoms with E-state index in [4.69, 9.17) is 9.47 Å². The standard InChI is InChI=1S/C20H38O5S/c1-14(12-26-9)16(22)24-10-15(21)11-25-17(23)20(8,19(5,6)7)13-18(2,3)4/h14-15,21H,10-13H2,1-9H3. The number of ether oxygens (including phenoxy) is 2. The van der Waals surface area contributed by atoms with Gasteiger partial charge in [-0.2, -0.15) is 11.8 Å². The third kappa shape index (κ3) is 8.30. The number of aliphatic hydroxyl groups excluding tert-OH is 1. The molecule has 0 bridgehead atoms. The third-order valence-electron chi connectivity index (χ3n) is 4.63. The van der Waals surface area contributed by atoms with Crippen molar-refractivity contribution in [3.8, 4) is 0 Å². The molecule has 0 aromatic rings. The van der Waals surface area contributed by atoms with Crippen LogP contribution in [0.1, 0.15) is 61.8 Å². The van der Waals surface area contributed by atoms with Gasteiger partial charge in [-0.3, -0.25) is 9.59 Å². The highest BCUT2D eigenvalue weighted by Gasteiger charge is 2.47. The molecular weight excluding hydrogens is 352 g/mol. The Hall–Kier alpha value is -0.750. The molecule has 0 radical (unpaired) electrons. The van der Waals surface area contributed by atoms with E-state index in [9.17, 15) is 14.7 Å². The van der Waals surface area contributed by atoms with E-state index in [1.165, 1.54) is 0 Å².